The molecule has 0 amide bonds. The van der Waals surface area contributed by atoms with Gasteiger partial charge in [0.25, 0.3) is 0 Å². The molecule has 0 aromatic heterocycles. The molecule has 0 aromatic rings. The molecule has 0 bridgehead atoms. The Kier molecular flexibility index (Phi) is 57.4. The van der Waals surface area contributed by atoms with Crippen molar-refractivity contribution in [2.75, 3.05) is 39.6 Å². The molecule has 84 heavy (non-hydrogen) atoms. The van der Waals surface area contributed by atoms with Crippen LogP contribution < -0.4 is 0 Å². The average Bonchev–Trinajstić information content (AvgIpc) is 3.58. The Morgan fingerprint density at radius 2 is 0.571 bits per heavy atom. The van der Waals surface area contributed by atoms with Gasteiger partial charge in [-0.2, -0.15) is 0 Å². The monoisotopic (exact) mass is 1240 g/mol. The van der Waals surface area contributed by atoms with Crippen molar-refractivity contribution in [2.24, 2.45) is 5.92 Å². The molecule has 0 aliphatic carbocycles. The Morgan fingerprint density at radius 1 is 0.333 bits per heavy atom. The molecule has 3 unspecified atom stereocenters. The summed E-state index contributed by atoms with van der Waals surface area (Å²) in [6.07, 6.45) is 44.0. The summed E-state index contributed by atoms with van der Waals surface area (Å²) in [5, 5.41) is 10.5. The van der Waals surface area contributed by atoms with E-state index in [0.717, 1.165) is 102 Å². The number of hydrogen-bond donors (Lipinski definition) is 3. The lowest BCUT2D eigenvalue weighted by atomic mass is 9.99. The first-order valence-electron chi connectivity index (χ1n) is 34.2. The van der Waals surface area contributed by atoms with Crippen LogP contribution in [0.4, 0.5) is 0 Å². The Morgan fingerprint density at radius 3 is 0.845 bits per heavy atom. The molecule has 19 heteroatoms. The van der Waals surface area contributed by atoms with Crippen molar-refractivity contribution < 1.29 is 80.2 Å². The molecule has 6 atom stereocenters. The van der Waals surface area contributed by atoms with Gasteiger partial charge in [0.2, 0.25) is 0 Å². The summed E-state index contributed by atoms with van der Waals surface area (Å²) in [4.78, 5) is 71.7. The van der Waals surface area contributed by atoms with Crippen LogP contribution >= 0.6 is 15.6 Å². The molecule has 0 rings (SSSR count). The van der Waals surface area contributed by atoms with Crippen LogP contribution in [0.3, 0.4) is 0 Å². The Balaban J connectivity index is 5.01. The molecule has 0 aliphatic rings. The summed E-state index contributed by atoms with van der Waals surface area (Å²) >= 11 is 0. The minimum absolute atomic E-state index is 0.0990. The fourth-order valence-corrected chi connectivity index (χ4v) is 11.3. The third-order valence-corrected chi connectivity index (χ3v) is 17.3. The number of ether oxygens (including phenoxy) is 4. The van der Waals surface area contributed by atoms with Crippen molar-refractivity contribution in [1.82, 2.24) is 0 Å². The third kappa shape index (κ3) is 57.8. The normalized spacial score (nSPS) is 14.5. The van der Waals surface area contributed by atoms with Crippen molar-refractivity contribution in [3.63, 3.8) is 0 Å². The quantitative estimate of drug-likeness (QED) is 0.0222. The molecule has 0 aromatic carbocycles. The molecular formula is C65H126O17P2. The second-order valence-corrected chi connectivity index (χ2v) is 26.7. The summed E-state index contributed by atoms with van der Waals surface area (Å²) in [5.74, 6) is -1.28. The number of aliphatic hydroxyl groups is 1. The zero-order chi connectivity index (χ0) is 62.0. The number of phosphoric acid groups is 2. The van der Waals surface area contributed by atoms with Crippen LogP contribution in [-0.4, -0.2) is 96.7 Å². The molecule has 0 radical (unpaired) electrons. The van der Waals surface area contributed by atoms with Gasteiger partial charge in [-0.25, -0.2) is 9.13 Å². The van der Waals surface area contributed by atoms with E-state index in [4.69, 9.17) is 37.0 Å². The van der Waals surface area contributed by atoms with Gasteiger partial charge in [-0.1, -0.05) is 279 Å². The van der Waals surface area contributed by atoms with Crippen LogP contribution in [-0.2, 0) is 65.4 Å². The van der Waals surface area contributed by atoms with E-state index in [2.05, 4.69) is 34.6 Å². The van der Waals surface area contributed by atoms with Gasteiger partial charge in [0.15, 0.2) is 12.2 Å². The van der Waals surface area contributed by atoms with E-state index in [9.17, 15) is 43.2 Å². The first-order valence-corrected chi connectivity index (χ1v) is 37.2. The van der Waals surface area contributed by atoms with E-state index < -0.39 is 97.5 Å². The molecule has 0 saturated carbocycles. The lowest BCUT2D eigenvalue weighted by molar-refractivity contribution is -0.161. The molecule has 0 spiro atoms. The van der Waals surface area contributed by atoms with Crippen molar-refractivity contribution in [3.8, 4) is 0 Å². The van der Waals surface area contributed by atoms with Gasteiger partial charge in [0.05, 0.1) is 26.4 Å². The summed E-state index contributed by atoms with van der Waals surface area (Å²) < 4.78 is 67.6. The summed E-state index contributed by atoms with van der Waals surface area (Å²) in [5.41, 5.74) is 0. The van der Waals surface area contributed by atoms with Crippen molar-refractivity contribution in [1.29, 1.82) is 0 Å². The van der Waals surface area contributed by atoms with Crippen molar-refractivity contribution in [2.45, 2.75) is 348 Å². The second-order valence-electron chi connectivity index (χ2n) is 23.7. The van der Waals surface area contributed by atoms with Gasteiger partial charge in [-0.15, -0.1) is 0 Å². The summed E-state index contributed by atoms with van der Waals surface area (Å²) in [7, 11) is -9.87. The number of carbonyl (C=O) groups excluding carboxylic acids is 4. The molecule has 3 N–H and O–H groups in total. The topological polar surface area (TPSA) is 237 Å². The molecule has 17 nitrogen and oxygen atoms in total. The number of rotatable bonds is 65. The zero-order valence-corrected chi connectivity index (χ0v) is 55.8. The maximum atomic E-state index is 13.0. The first kappa shape index (κ1) is 82.1. The minimum Gasteiger partial charge on any atom is -0.462 e. The van der Waals surface area contributed by atoms with E-state index in [1.165, 1.54) is 148 Å². The van der Waals surface area contributed by atoms with E-state index in [1.54, 1.807) is 0 Å². The third-order valence-electron chi connectivity index (χ3n) is 15.4. The molecular weight excluding hydrogens is 1110 g/mol. The fourth-order valence-electron chi connectivity index (χ4n) is 9.73. The van der Waals surface area contributed by atoms with Gasteiger partial charge in [-0.05, 0) is 31.6 Å². The maximum Gasteiger partial charge on any atom is 0.472 e. The highest BCUT2D eigenvalue weighted by molar-refractivity contribution is 7.47. The van der Waals surface area contributed by atoms with Crippen molar-refractivity contribution >= 4 is 39.5 Å². The van der Waals surface area contributed by atoms with Crippen LogP contribution in [0.1, 0.15) is 330 Å². The van der Waals surface area contributed by atoms with Crippen LogP contribution in [0.15, 0.2) is 0 Å². The lowest BCUT2D eigenvalue weighted by Gasteiger charge is -2.21. The minimum atomic E-state index is -4.94. The van der Waals surface area contributed by atoms with Gasteiger partial charge in [0, 0.05) is 25.7 Å². The first-order chi connectivity index (χ1) is 40.6. The predicted molar refractivity (Wildman–Crippen MR) is 335 cm³/mol. The van der Waals surface area contributed by atoms with Crippen LogP contribution in [0.2, 0.25) is 0 Å². The van der Waals surface area contributed by atoms with E-state index >= 15 is 0 Å². The zero-order valence-electron chi connectivity index (χ0n) is 54.0. The van der Waals surface area contributed by atoms with Gasteiger partial charge in [-0.3, -0.25) is 37.3 Å². The summed E-state index contributed by atoms with van der Waals surface area (Å²) in [6, 6.07) is 0. The van der Waals surface area contributed by atoms with Crippen molar-refractivity contribution in [3.05, 3.63) is 0 Å². The second kappa shape index (κ2) is 58.7. The molecule has 498 valence electrons. The molecule has 0 aliphatic heterocycles. The number of hydrogen-bond acceptors (Lipinski definition) is 15. The number of unbranched alkanes of at least 4 members (excludes halogenated alkanes) is 36. The molecule has 0 fully saturated rings. The van der Waals surface area contributed by atoms with E-state index in [0.29, 0.717) is 25.7 Å². The standard InChI is InChI=1S/C65H126O17P2/c1-6-10-13-16-17-18-19-29-32-35-40-44-49-63(68)76-55-61(82-65(70)51-46-41-36-33-30-27-25-23-21-20-22-24-26-28-31-34-39-42-47-58(5)9-4)57-80-84(73,74)78-53-59(66)52-77-83(71,72)79-56-60(81-64(69)50-45-38-15-12-8-3)54-75-62(67)48-43-37-14-11-7-2/h58-61,66H,6-57H2,1-5H3,(H,71,72)(H,73,74)/t58?,59-,60+,61+/m0/s1. The highest BCUT2D eigenvalue weighted by atomic mass is 31.2. The van der Waals surface area contributed by atoms with Crippen LogP contribution in [0.5, 0.6) is 0 Å². The lowest BCUT2D eigenvalue weighted by Crippen LogP contribution is -2.30. The van der Waals surface area contributed by atoms with Gasteiger partial charge < -0.3 is 33.8 Å². The highest BCUT2D eigenvalue weighted by Crippen LogP contribution is 2.45. The fraction of sp³-hybridized carbons (Fsp3) is 0.938. The number of carbonyl (C=O) groups is 4. The number of esters is 4. The smallest absolute Gasteiger partial charge is 0.462 e. The van der Waals surface area contributed by atoms with E-state index in [1.807, 2.05) is 0 Å². The number of phosphoric ester groups is 2. The molecule has 0 saturated heterocycles. The highest BCUT2D eigenvalue weighted by Gasteiger charge is 2.30. The Labute approximate surface area is 511 Å². The maximum absolute atomic E-state index is 13.0. The average molecular weight is 1240 g/mol. The Bertz CT molecular complexity index is 1640. The SMILES string of the molecule is CCCCCCCCCCCCCCC(=O)OC[C@H](COP(=O)(O)OC[C@@H](O)COP(=O)(O)OC[C@@H](COC(=O)CCCCCCC)OC(=O)CCCCCCC)OC(=O)CCCCCCCCCCCCCCCCCCCCC(C)CC. The van der Waals surface area contributed by atoms with Crippen LogP contribution in [0.25, 0.3) is 0 Å². The number of aliphatic hydroxyl groups excluding tert-OH is 1. The molecule has 0 heterocycles. The van der Waals surface area contributed by atoms with Crippen LogP contribution in [0, 0.1) is 5.92 Å². The van der Waals surface area contributed by atoms with Gasteiger partial charge >= 0.3 is 39.5 Å². The largest absolute Gasteiger partial charge is 0.472 e. The predicted octanol–water partition coefficient (Wildman–Crippen LogP) is 18.2. The van der Waals surface area contributed by atoms with Gasteiger partial charge in [0.1, 0.15) is 19.3 Å². The van der Waals surface area contributed by atoms with E-state index in [-0.39, 0.29) is 25.7 Å². The Hall–Kier alpha value is -1.94. The summed E-state index contributed by atoms with van der Waals surface area (Å²) in [6.45, 7) is 7.08.